The highest BCUT2D eigenvalue weighted by Gasteiger charge is 2.34. The van der Waals surface area contributed by atoms with Crippen molar-refractivity contribution in [2.75, 3.05) is 13.2 Å². The Labute approximate surface area is 198 Å². The molecule has 33 heavy (non-hydrogen) atoms. The molecular weight excluding hydrogens is 434 g/mol. The molecule has 6 heteroatoms. The van der Waals surface area contributed by atoms with Crippen LogP contribution in [-0.4, -0.2) is 35.5 Å². The number of allylic oxidation sites excluding steroid dienone is 3. The number of carbonyl (C=O) groups excluding carboxylic acids is 3. The predicted molar refractivity (Wildman–Crippen MR) is 134 cm³/mol. The molecule has 0 spiro atoms. The Kier molecular flexibility index (Phi) is 8.06. The number of rotatable bonds is 8. The number of amides is 2. The number of thioether (sulfide) groups is 1. The van der Waals surface area contributed by atoms with Gasteiger partial charge in [0.05, 0.1) is 11.4 Å². The molecule has 5 nitrogen and oxygen atoms in total. The largest absolute Gasteiger partial charge is 0.491 e. The zero-order valence-electron chi connectivity index (χ0n) is 19.3. The van der Waals surface area contributed by atoms with Crippen LogP contribution in [0.15, 0.2) is 64.6 Å². The molecule has 0 N–H and O–H groups in total. The highest BCUT2D eigenvalue weighted by Crippen LogP contribution is 2.31. The lowest BCUT2D eigenvalue weighted by molar-refractivity contribution is -0.123. The van der Waals surface area contributed by atoms with Crippen LogP contribution in [0.3, 0.4) is 0 Å². The van der Waals surface area contributed by atoms with Gasteiger partial charge in [0.15, 0.2) is 0 Å². The van der Waals surface area contributed by atoms with E-state index in [4.69, 9.17) is 4.74 Å². The van der Waals surface area contributed by atoms with Gasteiger partial charge in [-0.25, -0.2) is 0 Å². The lowest BCUT2D eigenvalue weighted by Crippen LogP contribution is -2.32. The van der Waals surface area contributed by atoms with E-state index in [2.05, 4.69) is 0 Å². The number of hydrogen-bond donors (Lipinski definition) is 0. The van der Waals surface area contributed by atoms with Crippen molar-refractivity contribution in [1.82, 2.24) is 4.90 Å². The van der Waals surface area contributed by atoms with Gasteiger partial charge in [-0.1, -0.05) is 42.5 Å². The van der Waals surface area contributed by atoms with Gasteiger partial charge in [0.2, 0.25) is 0 Å². The molecule has 2 aromatic carbocycles. The van der Waals surface area contributed by atoms with Gasteiger partial charge in [-0.15, -0.1) is 0 Å². The number of ether oxygens (including phenoxy) is 1. The second kappa shape index (κ2) is 11.0. The van der Waals surface area contributed by atoms with Crippen molar-refractivity contribution in [1.29, 1.82) is 0 Å². The van der Waals surface area contributed by atoms with Crippen LogP contribution in [-0.2, 0) is 9.59 Å². The smallest absolute Gasteiger partial charge is 0.293 e. The van der Waals surface area contributed by atoms with Crippen LogP contribution in [0.5, 0.6) is 5.75 Å². The fourth-order valence-electron chi connectivity index (χ4n) is 3.30. The molecule has 1 heterocycles. The summed E-state index contributed by atoms with van der Waals surface area (Å²) >= 11 is 0.946. The van der Waals surface area contributed by atoms with Crippen molar-refractivity contribution in [3.63, 3.8) is 0 Å². The van der Waals surface area contributed by atoms with E-state index in [9.17, 15) is 14.4 Å². The summed E-state index contributed by atoms with van der Waals surface area (Å²) in [5, 5.41) is -0.287. The van der Waals surface area contributed by atoms with Crippen LogP contribution in [0, 0.1) is 13.8 Å². The second-order valence-electron chi connectivity index (χ2n) is 8.01. The Morgan fingerprint density at radius 3 is 2.24 bits per heavy atom. The Balaban J connectivity index is 1.63. The molecule has 1 aliphatic rings. The molecular formula is C27H27NO4S. The number of hydrogen-bond acceptors (Lipinski definition) is 5. The van der Waals surface area contributed by atoms with Crippen LogP contribution in [0.1, 0.15) is 36.1 Å². The first kappa shape index (κ1) is 24.3. The van der Waals surface area contributed by atoms with Crippen molar-refractivity contribution in [2.24, 2.45) is 0 Å². The number of benzene rings is 2. The molecule has 1 aliphatic heterocycles. The van der Waals surface area contributed by atoms with E-state index < -0.39 is 0 Å². The lowest BCUT2D eigenvalue weighted by atomic mass is 10.1. The van der Waals surface area contributed by atoms with E-state index in [1.54, 1.807) is 13.0 Å². The van der Waals surface area contributed by atoms with Gasteiger partial charge in [0.1, 0.15) is 18.6 Å². The summed E-state index contributed by atoms with van der Waals surface area (Å²) in [7, 11) is 0. The van der Waals surface area contributed by atoms with E-state index in [0.29, 0.717) is 10.5 Å². The zero-order chi connectivity index (χ0) is 24.0. The molecule has 0 saturated carbocycles. The maximum atomic E-state index is 12.7. The Bertz CT molecular complexity index is 1160. The van der Waals surface area contributed by atoms with E-state index in [0.717, 1.165) is 51.6 Å². The van der Waals surface area contributed by atoms with Crippen molar-refractivity contribution in [3.8, 4) is 5.75 Å². The van der Waals surface area contributed by atoms with E-state index in [1.807, 2.05) is 75.4 Å². The minimum atomic E-state index is -0.299. The summed E-state index contributed by atoms with van der Waals surface area (Å²) in [5.74, 6) is 0.464. The van der Waals surface area contributed by atoms with E-state index in [-0.39, 0.29) is 24.3 Å². The average molecular weight is 462 g/mol. The SMILES string of the molecule is C/C(C=O)=C\c1ccc(/C=C(C)/C=C2\SC(=O)N(CCOc3cc(C)ccc3C)C2=O)cc1. The fraction of sp³-hybridized carbons (Fsp3) is 0.222. The standard InChI is InChI=1S/C27H27NO4S/c1-18-5-6-21(4)24(15-18)32-12-11-28-26(30)25(33-27(28)31)16-19(2)13-22-7-9-23(10-8-22)14-20(3)17-29/h5-10,13-17H,11-12H2,1-4H3/b19-13+,20-14+,25-16-. The van der Waals surface area contributed by atoms with Crippen molar-refractivity contribution in [3.05, 3.63) is 86.8 Å². The van der Waals surface area contributed by atoms with Crippen molar-refractivity contribution in [2.45, 2.75) is 27.7 Å². The monoisotopic (exact) mass is 461 g/mol. The molecule has 0 bridgehead atoms. The van der Waals surface area contributed by atoms with Crippen LogP contribution in [0.2, 0.25) is 0 Å². The lowest BCUT2D eigenvalue weighted by Gasteiger charge is -2.14. The van der Waals surface area contributed by atoms with Gasteiger partial charge >= 0.3 is 0 Å². The maximum Gasteiger partial charge on any atom is 0.293 e. The van der Waals surface area contributed by atoms with Crippen LogP contribution in [0.4, 0.5) is 4.79 Å². The average Bonchev–Trinajstić information content (AvgIpc) is 3.04. The summed E-state index contributed by atoms with van der Waals surface area (Å²) in [5.41, 5.74) is 5.53. The van der Waals surface area contributed by atoms with Gasteiger partial charge < -0.3 is 4.74 Å². The third-order valence-corrected chi connectivity index (χ3v) is 5.97. The molecule has 0 radical (unpaired) electrons. The predicted octanol–water partition coefficient (Wildman–Crippen LogP) is 5.97. The third kappa shape index (κ3) is 6.56. The highest BCUT2D eigenvalue weighted by atomic mass is 32.2. The van der Waals surface area contributed by atoms with Crippen LogP contribution < -0.4 is 4.74 Å². The van der Waals surface area contributed by atoms with Gasteiger partial charge in [-0.3, -0.25) is 19.3 Å². The summed E-state index contributed by atoms with van der Waals surface area (Å²) in [6.45, 7) is 8.05. The maximum absolute atomic E-state index is 12.7. The number of carbonyl (C=O) groups is 3. The number of aldehydes is 1. The number of imide groups is 1. The van der Waals surface area contributed by atoms with Crippen molar-refractivity contribution < 1.29 is 19.1 Å². The summed E-state index contributed by atoms with van der Waals surface area (Å²) < 4.78 is 5.80. The topological polar surface area (TPSA) is 63.7 Å². The third-order valence-electron chi connectivity index (χ3n) is 5.06. The minimum absolute atomic E-state index is 0.202. The van der Waals surface area contributed by atoms with Crippen molar-refractivity contribution >= 4 is 41.3 Å². The van der Waals surface area contributed by atoms with Gasteiger partial charge in [0, 0.05) is 0 Å². The first-order valence-corrected chi connectivity index (χ1v) is 11.5. The Morgan fingerprint density at radius 1 is 0.970 bits per heavy atom. The molecule has 1 fully saturated rings. The first-order valence-electron chi connectivity index (χ1n) is 10.6. The Morgan fingerprint density at radius 2 is 1.61 bits per heavy atom. The molecule has 1 saturated heterocycles. The summed E-state index contributed by atoms with van der Waals surface area (Å²) in [6, 6.07) is 13.7. The first-order chi connectivity index (χ1) is 15.8. The van der Waals surface area contributed by atoms with Gasteiger partial charge in [0.25, 0.3) is 11.1 Å². The fourth-order valence-corrected chi connectivity index (χ4v) is 4.21. The molecule has 2 amide bonds. The minimum Gasteiger partial charge on any atom is -0.491 e. The Hall–Kier alpha value is -3.38. The zero-order valence-corrected chi connectivity index (χ0v) is 20.1. The molecule has 0 atom stereocenters. The molecule has 0 aromatic heterocycles. The quantitative estimate of drug-likeness (QED) is 0.358. The normalized spacial score (nSPS) is 16.0. The number of aryl methyl sites for hydroxylation is 2. The summed E-state index contributed by atoms with van der Waals surface area (Å²) in [4.78, 5) is 37.5. The van der Waals surface area contributed by atoms with E-state index >= 15 is 0 Å². The molecule has 0 unspecified atom stereocenters. The molecule has 3 rings (SSSR count). The van der Waals surface area contributed by atoms with E-state index in [1.165, 1.54) is 4.90 Å². The molecule has 170 valence electrons. The van der Waals surface area contributed by atoms with Gasteiger partial charge in [-0.05, 0) is 91.1 Å². The molecule has 2 aromatic rings. The van der Waals surface area contributed by atoms with Crippen LogP contribution >= 0.6 is 11.8 Å². The highest BCUT2D eigenvalue weighted by molar-refractivity contribution is 8.18. The summed E-state index contributed by atoms with van der Waals surface area (Å²) in [6.07, 6.45) is 6.31. The molecule has 0 aliphatic carbocycles. The second-order valence-corrected chi connectivity index (χ2v) is 9.01. The van der Waals surface area contributed by atoms with Gasteiger partial charge in [-0.2, -0.15) is 0 Å². The van der Waals surface area contributed by atoms with Crippen LogP contribution in [0.25, 0.3) is 12.2 Å². The number of nitrogens with zero attached hydrogens (tertiary/aromatic N) is 1.